The molecule has 0 aliphatic heterocycles. The van der Waals surface area contributed by atoms with E-state index in [0.29, 0.717) is 0 Å². The molecule has 4 heteroatoms. The first-order chi connectivity index (χ1) is 9.78. The molecule has 3 rings (SSSR count). The summed E-state index contributed by atoms with van der Waals surface area (Å²) in [5, 5.41) is 7.84. The zero-order valence-corrected chi connectivity index (χ0v) is 11.4. The van der Waals surface area contributed by atoms with Crippen molar-refractivity contribution in [3.8, 4) is 11.1 Å². The molecule has 1 atom stereocenters. The summed E-state index contributed by atoms with van der Waals surface area (Å²) in [7, 11) is 0. The van der Waals surface area contributed by atoms with E-state index in [1.165, 1.54) is 5.56 Å². The van der Waals surface area contributed by atoms with Crippen LogP contribution in [-0.2, 0) is 6.42 Å². The maximum Gasteiger partial charge on any atom is 0.143 e. The Morgan fingerprint density at radius 1 is 1.10 bits per heavy atom. The quantitative estimate of drug-likeness (QED) is 0.788. The van der Waals surface area contributed by atoms with E-state index in [1.54, 1.807) is 0 Å². The zero-order chi connectivity index (χ0) is 13.9. The molecule has 1 aromatic heterocycles. The van der Waals surface area contributed by atoms with Crippen LogP contribution in [0.2, 0.25) is 0 Å². The lowest BCUT2D eigenvalue weighted by Gasteiger charge is -2.09. The second-order valence-electron chi connectivity index (χ2n) is 5.01. The van der Waals surface area contributed by atoms with Gasteiger partial charge in [-0.25, -0.2) is 4.63 Å². The van der Waals surface area contributed by atoms with Gasteiger partial charge in [0.15, 0.2) is 0 Å². The molecule has 102 valence electrons. The predicted octanol–water partition coefficient (Wildman–Crippen LogP) is 3.17. The van der Waals surface area contributed by atoms with Gasteiger partial charge < -0.3 is 5.73 Å². The van der Waals surface area contributed by atoms with Gasteiger partial charge in [0, 0.05) is 11.6 Å². The number of nitrogens with zero attached hydrogens (tertiary/aromatic N) is 2. The summed E-state index contributed by atoms with van der Waals surface area (Å²) in [4.78, 5) is 0. The Hall–Kier alpha value is -2.20. The minimum Gasteiger partial charge on any atom is -0.327 e. The average molecular weight is 267 g/mol. The summed E-state index contributed by atoms with van der Waals surface area (Å²) in [6.45, 7) is 2.11. The topological polar surface area (TPSA) is 64.9 Å². The molecule has 3 aromatic rings. The van der Waals surface area contributed by atoms with Gasteiger partial charge in [0.25, 0.3) is 0 Å². The smallest absolute Gasteiger partial charge is 0.143 e. The van der Waals surface area contributed by atoms with Crippen LogP contribution < -0.4 is 5.73 Å². The van der Waals surface area contributed by atoms with Gasteiger partial charge in [0.1, 0.15) is 11.0 Å². The Morgan fingerprint density at radius 3 is 2.65 bits per heavy atom. The zero-order valence-electron chi connectivity index (χ0n) is 11.4. The Morgan fingerprint density at radius 2 is 1.90 bits per heavy atom. The molecule has 0 amide bonds. The predicted molar refractivity (Wildman–Crippen MR) is 79.2 cm³/mol. The Balaban J connectivity index is 1.93. The molecule has 0 aliphatic carbocycles. The van der Waals surface area contributed by atoms with Crippen molar-refractivity contribution in [1.82, 2.24) is 10.3 Å². The van der Waals surface area contributed by atoms with E-state index in [9.17, 15) is 0 Å². The van der Waals surface area contributed by atoms with Crippen molar-refractivity contribution in [3.63, 3.8) is 0 Å². The number of fused-ring (bicyclic) bond motifs is 1. The molecule has 0 saturated carbocycles. The second kappa shape index (κ2) is 5.43. The van der Waals surface area contributed by atoms with Gasteiger partial charge in [-0.05, 0) is 40.3 Å². The molecular weight excluding hydrogens is 250 g/mol. The monoisotopic (exact) mass is 267 g/mol. The molecule has 1 heterocycles. The van der Waals surface area contributed by atoms with Crippen LogP contribution in [-0.4, -0.2) is 16.4 Å². The first kappa shape index (κ1) is 12.8. The molecular formula is C16H17N3O. The maximum absolute atomic E-state index is 5.98. The average Bonchev–Trinajstić information content (AvgIpc) is 2.96. The third kappa shape index (κ3) is 2.42. The Labute approximate surface area is 117 Å². The van der Waals surface area contributed by atoms with E-state index in [4.69, 9.17) is 10.4 Å². The lowest BCUT2D eigenvalue weighted by molar-refractivity contribution is 0.315. The number of rotatable bonds is 4. The lowest BCUT2D eigenvalue weighted by atomic mass is 9.99. The molecule has 2 N–H and O–H groups in total. The number of hydrogen-bond donors (Lipinski definition) is 1. The summed E-state index contributed by atoms with van der Waals surface area (Å²) < 4.78 is 4.80. The number of aromatic nitrogens is 2. The minimum atomic E-state index is 0.226. The van der Waals surface area contributed by atoms with Crippen molar-refractivity contribution in [2.24, 2.45) is 5.73 Å². The molecule has 1 unspecified atom stereocenters. The molecule has 4 nitrogen and oxygen atoms in total. The summed E-state index contributed by atoms with van der Waals surface area (Å²) in [6, 6.07) is 14.5. The standard InChI is InChI=1S/C16H17N3O/c1-2-13(17)10-11-6-8-12(9-7-11)14-4-3-5-15-16(14)19-20-18-15/h3-9,13H,2,10,17H2,1H3. The molecule has 0 fully saturated rings. The second-order valence-corrected chi connectivity index (χ2v) is 5.01. The third-order valence-corrected chi connectivity index (χ3v) is 3.57. The van der Waals surface area contributed by atoms with Crippen molar-refractivity contribution in [3.05, 3.63) is 48.0 Å². The van der Waals surface area contributed by atoms with Crippen LogP contribution in [0.5, 0.6) is 0 Å². The van der Waals surface area contributed by atoms with Crippen LogP contribution >= 0.6 is 0 Å². The molecule has 0 saturated heterocycles. The molecule has 20 heavy (non-hydrogen) atoms. The van der Waals surface area contributed by atoms with Crippen LogP contribution in [0.25, 0.3) is 22.2 Å². The van der Waals surface area contributed by atoms with E-state index in [0.717, 1.165) is 35.0 Å². The molecule has 0 spiro atoms. The van der Waals surface area contributed by atoms with E-state index in [-0.39, 0.29) is 6.04 Å². The van der Waals surface area contributed by atoms with Crippen LogP contribution in [0.1, 0.15) is 18.9 Å². The largest absolute Gasteiger partial charge is 0.327 e. The van der Waals surface area contributed by atoms with Gasteiger partial charge in [0.05, 0.1) is 0 Å². The molecule has 0 radical (unpaired) electrons. The summed E-state index contributed by atoms with van der Waals surface area (Å²) in [6.07, 6.45) is 1.90. The van der Waals surface area contributed by atoms with Crippen molar-refractivity contribution >= 4 is 11.0 Å². The van der Waals surface area contributed by atoms with Gasteiger partial charge in [-0.15, -0.1) is 0 Å². The van der Waals surface area contributed by atoms with Crippen molar-refractivity contribution < 1.29 is 4.63 Å². The highest BCUT2D eigenvalue weighted by molar-refractivity contribution is 5.90. The fourth-order valence-electron chi connectivity index (χ4n) is 2.31. The van der Waals surface area contributed by atoms with E-state index >= 15 is 0 Å². The van der Waals surface area contributed by atoms with Crippen molar-refractivity contribution in [2.75, 3.05) is 0 Å². The van der Waals surface area contributed by atoms with Crippen LogP contribution in [0.15, 0.2) is 47.1 Å². The summed E-state index contributed by atoms with van der Waals surface area (Å²) in [5.74, 6) is 0. The summed E-state index contributed by atoms with van der Waals surface area (Å²) >= 11 is 0. The van der Waals surface area contributed by atoms with Crippen LogP contribution in [0, 0.1) is 0 Å². The van der Waals surface area contributed by atoms with Gasteiger partial charge in [-0.1, -0.05) is 43.3 Å². The van der Waals surface area contributed by atoms with Crippen molar-refractivity contribution in [2.45, 2.75) is 25.8 Å². The van der Waals surface area contributed by atoms with Crippen LogP contribution in [0.3, 0.4) is 0 Å². The fourth-order valence-corrected chi connectivity index (χ4v) is 2.31. The van der Waals surface area contributed by atoms with Crippen LogP contribution in [0.4, 0.5) is 0 Å². The number of hydrogen-bond acceptors (Lipinski definition) is 4. The molecule has 0 bridgehead atoms. The van der Waals surface area contributed by atoms with E-state index in [2.05, 4.69) is 41.5 Å². The normalized spacial score (nSPS) is 12.7. The SMILES string of the molecule is CCC(N)Cc1ccc(-c2cccc3nonc23)cc1. The first-order valence-electron chi connectivity index (χ1n) is 6.84. The fraction of sp³-hybridized carbons (Fsp3) is 0.250. The van der Waals surface area contributed by atoms with Gasteiger partial charge in [-0.2, -0.15) is 0 Å². The van der Waals surface area contributed by atoms with E-state index in [1.807, 2.05) is 18.2 Å². The van der Waals surface area contributed by atoms with Gasteiger partial charge in [0.2, 0.25) is 0 Å². The maximum atomic E-state index is 5.98. The third-order valence-electron chi connectivity index (χ3n) is 3.57. The number of benzene rings is 2. The Kier molecular flexibility index (Phi) is 3.48. The highest BCUT2D eigenvalue weighted by Gasteiger charge is 2.08. The molecule has 2 aromatic carbocycles. The minimum absolute atomic E-state index is 0.226. The highest BCUT2D eigenvalue weighted by Crippen LogP contribution is 2.26. The molecule has 0 aliphatic rings. The summed E-state index contributed by atoms with van der Waals surface area (Å²) in [5.41, 5.74) is 11.0. The lowest BCUT2D eigenvalue weighted by Crippen LogP contribution is -2.21. The highest BCUT2D eigenvalue weighted by atomic mass is 16.6. The van der Waals surface area contributed by atoms with E-state index < -0.39 is 0 Å². The Bertz CT molecular complexity index is 703. The first-order valence-corrected chi connectivity index (χ1v) is 6.84. The van der Waals surface area contributed by atoms with Gasteiger partial charge in [-0.3, -0.25) is 0 Å². The van der Waals surface area contributed by atoms with Gasteiger partial charge >= 0.3 is 0 Å². The van der Waals surface area contributed by atoms with Crippen molar-refractivity contribution in [1.29, 1.82) is 0 Å². The number of nitrogens with two attached hydrogens (primary N) is 1.